The van der Waals surface area contributed by atoms with Crippen LogP contribution in [0.5, 0.6) is 5.75 Å². The Morgan fingerprint density at radius 2 is 2.14 bits per heavy atom. The Hall–Kier alpha value is -3.68. The Balaban J connectivity index is 1.38. The first kappa shape index (κ1) is 17.7. The molecule has 0 saturated carbocycles. The van der Waals surface area contributed by atoms with Crippen molar-refractivity contribution in [3.8, 4) is 11.4 Å². The van der Waals surface area contributed by atoms with Gasteiger partial charge in [0.1, 0.15) is 17.8 Å². The third kappa shape index (κ3) is 3.71. The van der Waals surface area contributed by atoms with Crippen LogP contribution in [0.25, 0.3) is 16.6 Å². The summed E-state index contributed by atoms with van der Waals surface area (Å²) < 4.78 is 6.83. The van der Waals surface area contributed by atoms with Crippen molar-refractivity contribution in [2.45, 2.75) is 19.3 Å². The topological polar surface area (TPSA) is 97.7 Å². The lowest BCUT2D eigenvalue weighted by atomic mass is 10.1. The average molecular weight is 376 g/mol. The van der Waals surface area contributed by atoms with E-state index in [-0.39, 0.29) is 5.91 Å². The van der Waals surface area contributed by atoms with E-state index in [0.717, 1.165) is 18.4 Å². The number of amides is 1. The highest BCUT2D eigenvalue weighted by molar-refractivity contribution is 5.91. The largest absolute Gasteiger partial charge is 0.494 e. The van der Waals surface area contributed by atoms with Gasteiger partial charge in [-0.2, -0.15) is 4.68 Å². The monoisotopic (exact) mass is 376 g/mol. The molecule has 0 radical (unpaired) electrons. The van der Waals surface area contributed by atoms with Crippen molar-refractivity contribution >= 4 is 22.5 Å². The van der Waals surface area contributed by atoms with Gasteiger partial charge in [0, 0.05) is 29.2 Å². The second-order valence-electron chi connectivity index (χ2n) is 6.40. The number of nitrogens with one attached hydrogen (secondary N) is 2. The minimum Gasteiger partial charge on any atom is -0.494 e. The Kier molecular flexibility index (Phi) is 5.01. The molecule has 4 rings (SSSR count). The predicted octanol–water partition coefficient (Wildman–Crippen LogP) is 3.11. The van der Waals surface area contributed by atoms with Crippen molar-refractivity contribution in [3.63, 3.8) is 0 Å². The Bertz CT molecular complexity index is 1090. The number of aromatic amines is 1. The predicted molar refractivity (Wildman–Crippen MR) is 106 cm³/mol. The van der Waals surface area contributed by atoms with E-state index in [4.69, 9.17) is 4.74 Å². The number of nitrogens with zero attached hydrogens (tertiary/aromatic N) is 4. The molecule has 0 spiro atoms. The Labute approximate surface area is 161 Å². The van der Waals surface area contributed by atoms with Gasteiger partial charge in [0.25, 0.3) is 0 Å². The number of methoxy groups -OCH3 is 1. The van der Waals surface area contributed by atoms with Crippen LogP contribution in [-0.2, 0) is 11.2 Å². The lowest BCUT2D eigenvalue weighted by Gasteiger charge is -2.11. The molecule has 0 unspecified atom stereocenters. The maximum absolute atomic E-state index is 12.4. The number of aryl methyl sites for hydroxylation is 1. The molecule has 0 aliphatic rings. The van der Waals surface area contributed by atoms with Gasteiger partial charge >= 0.3 is 0 Å². The standard InChI is InChI=1S/C20H20N6O2/c1-28-19-10-9-15(11-18(19)26-13-22-24-25-26)23-20(27)8-4-5-14-12-21-17-7-3-2-6-16(14)17/h2-3,6-7,9-13,21H,4-5,8H2,1H3,(H,23,27). The number of benzene rings is 2. The summed E-state index contributed by atoms with van der Waals surface area (Å²) in [7, 11) is 1.58. The molecular weight excluding hydrogens is 356 g/mol. The summed E-state index contributed by atoms with van der Waals surface area (Å²) in [5.74, 6) is 0.581. The summed E-state index contributed by atoms with van der Waals surface area (Å²) in [4.78, 5) is 15.6. The van der Waals surface area contributed by atoms with Gasteiger partial charge in [-0.3, -0.25) is 4.79 Å². The number of hydrogen-bond acceptors (Lipinski definition) is 5. The number of rotatable bonds is 7. The molecule has 0 saturated heterocycles. The number of fused-ring (bicyclic) bond motifs is 1. The zero-order valence-corrected chi connectivity index (χ0v) is 15.4. The van der Waals surface area contributed by atoms with E-state index < -0.39 is 0 Å². The molecule has 142 valence electrons. The first-order valence-corrected chi connectivity index (χ1v) is 9.01. The van der Waals surface area contributed by atoms with Crippen molar-refractivity contribution in [2.75, 3.05) is 12.4 Å². The summed E-state index contributed by atoms with van der Waals surface area (Å²) in [5.41, 5.74) is 3.68. The zero-order valence-electron chi connectivity index (χ0n) is 15.4. The maximum atomic E-state index is 12.4. The van der Waals surface area contributed by atoms with Crippen molar-refractivity contribution < 1.29 is 9.53 Å². The molecule has 2 aromatic carbocycles. The van der Waals surface area contributed by atoms with E-state index in [1.807, 2.05) is 18.3 Å². The Morgan fingerprint density at radius 3 is 2.96 bits per heavy atom. The third-order valence-corrected chi connectivity index (χ3v) is 4.58. The Morgan fingerprint density at radius 1 is 1.25 bits per heavy atom. The normalized spacial score (nSPS) is 10.9. The van der Waals surface area contributed by atoms with Crippen LogP contribution >= 0.6 is 0 Å². The number of aromatic nitrogens is 5. The van der Waals surface area contributed by atoms with Crippen LogP contribution in [0.4, 0.5) is 5.69 Å². The smallest absolute Gasteiger partial charge is 0.224 e. The van der Waals surface area contributed by atoms with Gasteiger partial charge in [-0.15, -0.1) is 5.10 Å². The highest BCUT2D eigenvalue weighted by Crippen LogP contribution is 2.26. The van der Waals surface area contributed by atoms with Crippen molar-refractivity contribution in [1.82, 2.24) is 25.2 Å². The van der Waals surface area contributed by atoms with E-state index in [0.29, 0.717) is 23.5 Å². The molecule has 0 atom stereocenters. The van der Waals surface area contributed by atoms with E-state index in [1.165, 1.54) is 22.0 Å². The maximum Gasteiger partial charge on any atom is 0.224 e. The van der Waals surface area contributed by atoms with Gasteiger partial charge < -0.3 is 15.0 Å². The number of tetrazole rings is 1. The van der Waals surface area contributed by atoms with Crippen molar-refractivity contribution in [1.29, 1.82) is 0 Å². The van der Waals surface area contributed by atoms with E-state index in [1.54, 1.807) is 25.3 Å². The molecular formula is C20H20N6O2. The van der Waals surface area contributed by atoms with Crippen LogP contribution in [0.1, 0.15) is 18.4 Å². The second kappa shape index (κ2) is 7.91. The number of anilines is 1. The third-order valence-electron chi connectivity index (χ3n) is 4.58. The van der Waals surface area contributed by atoms with Crippen LogP contribution in [0.2, 0.25) is 0 Å². The fourth-order valence-electron chi connectivity index (χ4n) is 3.22. The molecule has 8 heteroatoms. The summed E-state index contributed by atoms with van der Waals surface area (Å²) in [6.45, 7) is 0. The van der Waals surface area contributed by atoms with Crippen LogP contribution in [0.15, 0.2) is 55.0 Å². The van der Waals surface area contributed by atoms with Gasteiger partial charge in [-0.25, -0.2) is 0 Å². The molecule has 2 heterocycles. The molecule has 0 fully saturated rings. The fourth-order valence-corrected chi connectivity index (χ4v) is 3.22. The molecule has 0 aliphatic carbocycles. The number of para-hydroxylation sites is 1. The van der Waals surface area contributed by atoms with Crippen LogP contribution in [-0.4, -0.2) is 38.2 Å². The van der Waals surface area contributed by atoms with Crippen molar-refractivity contribution in [3.05, 3.63) is 60.6 Å². The molecule has 1 amide bonds. The van der Waals surface area contributed by atoms with Gasteiger partial charge in [0.15, 0.2) is 0 Å². The molecule has 28 heavy (non-hydrogen) atoms. The van der Waals surface area contributed by atoms with Crippen LogP contribution in [0, 0.1) is 0 Å². The van der Waals surface area contributed by atoms with Gasteiger partial charge in [-0.05, 0) is 53.1 Å². The number of carbonyl (C=O) groups excluding carboxylic acids is 1. The van der Waals surface area contributed by atoms with Gasteiger partial charge in [0.2, 0.25) is 5.91 Å². The van der Waals surface area contributed by atoms with E-state index in [2.05, 4.69) is 38.0 Å². The average Bonchev–Trinajstić information content (AvgIpc) is 3.38. The SMILES string of the molecule is COc1ccc(NC(=O)CCCc2c[nH]c3ccccc23)cc1-n1cnnn1. The number of carbonyl (C=O) groups is 1. The number of ether oxygens (including phenoxy) is 1. The molecule has 2 aromatic heterocycles. The molecule has 2 N–H and O–H groups in total. The summed E-state index contributed by atoms with van der Waals surface area (Å²) >= 11 is 0. The molecule has 4 aromatic rings. The lowest BCUT2D eigenvalue weighted by molar-refractivity contribution is -0.116. The first-order valence-electron chi connectivity index (χ1n) is 9.01. The fraction of sp³-hybridized carbons (Fsp3) is 0.200. The first-order chi connectivity index (χ1) is 13.7. The second-order valence-corrected chi connectivity index (χ2v) is 6.40. The van der Waals surface area contributed by atoms with Crippen LogP contribution in [0.3, 0.4) is 0 Å². The van der Waals surface area contributed by atoms with E-state index >= 15 is 0 Å². The lowest BCUT2D eigenvalue weighted by Crippen LogP contribution is -2.12. The summed E-state index contributed by atoms with van der Waals surface area (Å²) in [6.07, 6.45) is 5.54. The molecule has 0 bridgehead atoms. The van der Waals surface area contributed by atoms with Gasteiger partial charge in [0.05, 0.1) is 7.11 Å². The summed E-state index contributed by atoms with van der Waals surface area (Å²) in [6, 6.07) is 13.5. The highest BCUT2D eigenvalue weighted by Gasteiger charge is 2.10. The number of hydrogen-bond donors (Lipinski definition) is 2. The van der Waals surface area contributed by atoms with E-state index in [9.17, 15) is 4.79 Å². The van der Waals surface area contributed by atoms with Crippen LogP contribution < -0.4 is 10.1 Å². The minimum atomic E-state index is -0.0346. The zero-order chi connectivity index (χ0) is 19.3. The van der Waals surface area contributed by atoms with Crippen molar-refractivity contribution in [2.24, 2.45) is 0 Å². The van der Waals surface area contributed by atoms with Gasteiger partial charge in [-0.1, -0.05) is 18.2 Å². The summed E-state index contributed by atoms with van der Waals surface area (Å²) in [5, 5.41) is 15.3. The minimum absolute atomic E-state index is 0.0346. The quantitative estimate of drug-likeness (QED) is 0.516. The highest BCUT2D eigenvalue weighted by atomic mass is 16.5. The molecule has 0 aliphatic heterocycles. The molecule has 8 nitrogen and oxygen atoms in total. The number of H-pyrrole nitrogens is 1.